The maximum Gasteiger partial charge on any atom is 0.239 e. The molecular formula is C14H22N4OS. The Kier molecular flexibility index (Phi) is 4.77. The van der Waals surface area contributed by atoms with E-state index in [1.54, 1.807) is 11.3 Å². The van der Waals surface area contributed by atoms with Gasteiger partial charge in [0, 0.05) is 31.2 Å². The van der Waals surface area contributed by atoms with Crippen LogP contribution in [0.2, 0.25) is 0 Å². The number of aryl methyl sites for hydroxylation is 1. The normalized spacial score (nSPS) is 12.8. The van der Waals surface area contributed by atoms with Gasteiger partial charge in [0.05, 0.1) is 17.4 Å². The molecule has 0 spiro atoms. The molecule has 2 aromatic heterocycles. The van der Waals surface area contributed by atoms with Gasteiger partial charge in [-0.2, -0.15) is 0 Å². The number of likely N-dealkylation sites (N-methyl/N-ethyl adjacent to an activating group) is 1. The summed E-state index contributed by atoms with van der Waals surface area (Å²) in [5.74, 6) is 0.152. The summed E-state index contributed by atoms with van der Waals surface area (Å²) in [5, 5.41) is 5.33. The summed E-state index contributed by atoms with van der Waals surface area (Å²) in [7, 11) is 0. The maximum absolute atomic E-state index is 12.2. The molecule has 0 fully saturated rings. The van der Waals surface area contributed by atoms with Crippen LogP contribution in [0.3, 0.4) is 0 Å². The van der Waals surface area contributed by atoms with E-state index >= 15 is 0 Å². The Hall–Kier alpha value is -1.40. The first-order valence-electron chi connectivity index (χ1n) is 7.01. The zero-order chi connectivity index (χ0) is 14.7. The van der Waals surface area contributed by atoms with Gasteiger partial charge in [0.15, 0.2) is 4.96 Å². The van der Waals surface area contributed by atoms with E-state index in [1.165, 1.54) is 0 Å². The number of amides is 1. The molecule has 110 valence electrons. The predicted octanol–water partition coefficient (Wildman–Crippen LogP) is 2.05. The molecule has 6 heteroatoms. The van der Waals surface area contributed by atoms with Crippen LogP contribution in [0.15, 0.2) is 11.6 Å². The fourth-order valence-corrected chi connectivity index (χ4v) is 3.08. The fraction of sp³-hybridized carbons (Fsp3) is 0.571. The van der Waals surface area contributed by atoms with Crippen LogP contribution in [-0.2, 0) is 11.3 Å². The molecule has 0 aliphatic heterocycles. The van der Waals surface area contributed by atoms with Crippen LogP contribution in [0, 0.1) is 6.92 Å². The molecule has 2 aromatic rings. The first-order valence-corrected chi connectivity index (χ1v) is 7.89. The molecule has 0 aliphatic carbocycles. The molecule has 20 heavy (non-hydrogen) atoms. The van der Waals surface area contributed by atoms with Gasteiger partial charge in [-0.05, 0) is 27.7 Å². The van der Waals surface area contributed by atoms with Crippen molar-refractivity contribution in [3.8, 4) is 0 Å². The number of imidazole rings is 1. The van der Waals surface area contributed by atoms with E-state index in [4.69, 9.17) is 0 Å². The summed E-state index contributed by atoms with van der Waals surface area (Å²) in [5.41, 5.74) is 2.15. The third kappa shape index (κ3) is 2.86. The summed E-state index contributed by atoms with van der Waals surface area (Å²) in [6.45, 7) is 10.1. The molecule has 1 N–H and O–H groups in total. The Bertz CT molecular complexity index is 585. The third-order valence-electron chi connectivity index (χ3n) is 3.58. The molecule has 1 unspecified atom stereocenters. The largest absolute Gasteiger partial charge is 0.342 e. The van der Waals surface area contributed by atoms with Gasteiger partial charge in [0.25, 0.3) is 0 Å². The Morgan fingerprint density at radius 3 is 2.85 bits per heavy atom. The summed E-state index contributed by atoms with van der Waals surface area (Å²) in [4.78, 5) is 19.6. The van der Waals surface area contributed by atoms with Gasteiger partial charge >= 0.3 is 0 Å². The second kappa shape index (κ2) is 6.37. The molecular weight excluding hydrogens is 272 g/mol. The maximum atomic E-state index is 12.2. The van der Waals surface area contributed by atoms with E-state index in [0.29, 0.717) is 6.54 Å². The summed E-state index contributed by atoms with van der Waals surface area (Å²) in [6, 6.07) is -0.182. The molecule has 0 aliphatic rings. The summed E-state index contributed by atoms with van der Waals surface area (Å²) < 4.78 is 2.08. The van der Waals surface area contributed by atoms with Crippen LogP contribution in [0.4, 0.5) is 0 Å². The predicted molar refractivity (Wildman–Crippen MR) is 82.0 cm³/mol. The van der Waals surface area contributed by atoms with Crippen LogP contribution in [-0.4, -0.2) is 39.3 Å². The minimum absolute atomic E-state index is 0.152. The van der Waals surface area contributed by atoms with Crippen molar-refractivity contribution in [3.05, 3.63) is 23.0 Å². The third-order valence-corrected chi connectivity index (χ3v) is 4.34. The smallest absolute Gasteiger partial charge is 0.239 e. The lowest BCUT2D eigenvalue weighted by atomic mass is 10.2. The van der Waals surface area contributed by atoms with E-state index in [2.05, 4.69) is 14.7 Å². The lowest BCUT2D eigenvalue weighted by Crippen LogP contribution is -2.44. The molecule has 2 rings (SSSR count). The first kappa shape index (κ1) is 15.0. The fourth-order valence-electron chi connectivity index (χ4n) is 2.30. The van der Waals surface area contributed by atoms with E-state index in [0.717, 1.165) is 29.4 Å². The van der Waals surface area contributed by atoms with Crippen molar-refractivity contribution in [1.29, 1.82) is 0 Å². The minimum atomic E-state index is -0.182. The number of nitrogens with zero attached hydrogens (tertiary/aromatic N) is 3. The topological polar surface area (TPSA) is 49.6 Å². The second-order valence-electron chi connectivity index (χ2n) is 4.81. The van der Waals surface area contributed by atoms with Crippen molar-refractivity contribution >= 4 is 22.2 Å². The van der Waals surface area contributed by atoms with Gasteiger partial charge < -0.3 is 10.2 Å². The highest BCUT2D eigenvalue weighted by Crippen LogP contribution is 2.16. The summed E-state index contributed by atoms with van der Waals surface area (Å²) >= 11 is 1.62. The molecule has 5 nitrogen and oxygen atoms in total. The minimum Gasteiger partial charge on any atom is -0.342 e. The Labute approximate surface area is 123 Å². The van der Waals surface area contributed by atoms with E-state index in [9.17, 15) is 4.79 Å². The summed E-state index contributed by atoms with van der Waals surface area (Å²) in [6.07, 6.45) is 2.02. The van der Waals surface area contributed by atoms with Gasteiger partial charge in [-0.3, -0.25) is 9.20 Å². The molecule has 0 saturated carbocycles. The van der Waals surface area contributed by atoms with Crippen LogP contribution >= 0.6 is 11.3 Å². The number of thiazole rings is 1. The number of rotatable bonds is 6. The first-order chi connectivity index (χ1) is 9.58. The average molecular weight is 294 g/mol. The van der Waals surface area contributed by atoms with Crippen molar-refractivity contribution in [2.24, 2.45) is 0 Å². The Balaban J connectivity index is 2.03. The number of carbonyl (C=O) groups excluding carboxylic acids is 1. The van der Waals surface area contributed by atoms with Gasteiger partial charge in [-0.1, -0.05) is 0 Å². The van der Waals surface area contributed by atoms with Gasteiger partial charge in [0.2, 0.25) is 5.91 Å². The van der Waals surface area contributed by atoms with Gasteiger partial charge in [0.1, 0.15) is 0 Å². The molecule has 2 heterocycles. The molecule has 0 saturated heterocycles. The van der Waals surface area contributed by atoms with Crippen LogP contribution < -0.4 is 5.32 Å². The number of hydrogen-bond donors (Lipinski definition) is 1. The molecule has 1 atom stereocenters. The van der Waals surface area contributed by atoms with Crippen LogP contribution in [0.25, 0.3) is 4.96 Å². The van der Waals surface area contributed by atoms with Crippen LogP contribution in [0.1, 0.15) is 32.2 Å². The quantitative estimate of drug-likeness (QED) is 0.887. The molecule has 0 bridgehead atoms. The van der Waals surface area contributed by atoms with Crippen molar-refractivity contribution in [2.75, 3.05) is 13.1 Å². The second-order valence-corrected chi connectivity index (χ2v) is 5.69. The van der Waals surface area contributed by atoms with E-state index in [-0.39, 0.29) is 11.9 Å². The van der Waals surface area contributed by atoms with Gasteiger partial charge in [-0.25, -0.2) is 4.98 Å². The van der Waals surface area contributed by atoms with Crippen molar-refractivity contribution < 1.29 is 4.79 Å². The zero-order valence-electron chi connectivity index (χ0n) is 12.5. The van der Waals surface area contributed by atoms with E-state index < -0.39 is 0 Å². The molecule has 0 aromatic carbocycles. The van der Waals surface area contributed by atoms with Crippen molar-refractivity contribution in [2.45, 2.75) is 40.3 Å². The number of fused-ring (bicyclic) bond motifs is 1. The Morgan fingerprint density at radius 1 is 1.50 bits per heavy atom. The van der Waals surface area contributed by atoms with Crippen molar-refractivity contribution in [1.82, 2.24) is 19.6 Å². The number of hydrogen-bond acceptors (Lipinski definition) is 4. The highest BCUT2D eigenvalue weighted by atomic mass is 32.1. The zero-order valence-corrected chi connectivity index (χ0v) is 13.3. The lowest BCUT2D eigenvalue weighted by molar-refractivity contribution is -0.132. The van der Waals surface area contributed by atoms with Crippen molar-refractivity contribution in [3.63, 3.8) is 0 Å². The number of aromatic nitrogens is 2. The SMILES string of the molecule is CCN(CC)C(=O)C(C)NCc1c(C)nc2sccn12. The number of carbonyl (C=O) groups is 1. The lowest BCUT2D eigenvalue weighted by Gasteiger charge is -2.23. The Morgan fingerprint density at radius 2 is 2.20 bits per heavy atom. The monoisotopic (exact) mass is 294 g/mol. The molecule has 0 radical (unpaired) electrons. The average Bonchev–Trinajstić information content (AvgIpc) is 2.98. The highest BCUT2D eigenvalue weighted by Gasteiger charge is 2.18. The highest BCUT2D eigenvalue weighted by molar-refractivity contribution is 7.15. The van der Waals surface area contributed by atoms with E-state index in [1.807, 2.05) is 44.2 Å². The molecule has 1 amide bonds. The van der Waals surface area contributed by atoms with Crippen LogP contribution in [0.5, 0.6) is 0 Å². The number of nitrogens with one attached hydrogen (secondary N) is 1. The van der Waals surface area contributed by atoms with Gasteiger partial charge in [-0.15, -0.1) is 11.3 Å². The standard InChI is InChI=1S/C14H22N4OS/c1-5-17(6-2)13(19)11(4)15-9-12-10(3)16-14-18(12)7-8-20-14/h7-8,11,15H,5-6,9H2,1-4H3.